The highest BCUT2D eigenvalue weighted by atomic mass is 16.5. The van der Waals surface area contributed by atoms with Crippen LogP contribution in [0.3, 0.4) is 0 Å². The normalized spacial score (nSPS) is 16.2. The van der Waals surface area contributed by atoms with Crippen LogP contribution in [0, 0.1) is 12.8 Å². The van der Waals surface area contributed by atoms with Gasteiger partial charge in [0.15, 0.2) is 5.82 Å². The third-order valence-electron chi connectivity index (χ3n) is 4.14. The number of nitrogens with zero attached hydrogens (tertiary/aromatic N) is 4. The molecular formula is C16H23N5O. The predicted octanol–water partition coefficient (Wildman–Crippen LogP) is 2.11. The lowest BCUT2D eigenvalue weighted by Gasteiger charge is -2.32. The molecule has 3 rings (SSSR count). The summed E-state index contributed by atoms with van der Waals surface area (Å²) in [5.41, 5.74) is 0.995. The molecule has 6 nitrogen and oxygen atoms in total. The van der Waals surface area contributed by atoms with Crippen molar-refractivity contribution < 1.29 is 4.74 Å². The van der Waals surface area contributed by atoms with Crippen molar-refractivity contribution >= 4 is 5.82 Å². The van der Waals surface area contributed by atoms with Crippen LogP contribution in [0.4, 0.5) is 5.82 Å². The van der Waals surface area contributed by atoms with Gasteiger partial charge < -0.3 is 14.6 Å². The first-order valence-electron chi connectivity index (χ1n) is 7.81. The number of ether oxygens (including phenoxy) is 1. The van der Waals surface area contributed by atoms with Gasteiger partial charge in [0.2, 0.25) is 0 Å². The highest BCUT2D eigenvalue weighted by Gasteiger charge is 2.21. The number of hydrogen-bond donors (Lipinski definition) is 1. The van der Waals surface area contributed by atoms with E-state index in [9.17, 15) is 0 Å². The second-order valence-electron chi connectivity index (χ2n) is 5.89. The molecule has 118 valence electrons. The fourth-order valence-electron chi connectivity index (χ4n) is 3.02. The zero-order chi connectivity index (χ0) is 15.4. The van der Waals surface area contributed by atoms with Crippen molar-refractivity contribution in [3.8, 4) is 0 Å². The van der Waals surface area contributed by atoms with E-state index < -0.39 is 0 Å². The summed E-state index contributed by atoms with van der Waals surface area (Å²) in [7, 11) is 1.67. The molecule has 0 aliphatic carbocycles. The number of H-pyrrole nitrogens is 1. The van der Waals surface area contributed by atoms with Gasteiger partial charge in [-0.25, -0.2) is 15.0 Å². The fourth-order valence-corrected chi connectivity index (χ4v) is 3.02. The standard InChI is InChI=1S/C16H23N5O/c1-12-9-16(20-15(19-12)11-22-2)21-7-3-13(4-8-21)10-14-17-5-6-18-14/h5-6,9,13H,3-4,7-8,10-11H2,1-2H3,(H,17,18). The summed E-state index contributed by atoms with van der Waals surface area (Å²) in [6, 6.07) is 2.06. The van der Waals surface area contributed by atoms with E-state index in [1.807, 2.05) is 19.3 Å². The molecule has 1 saturated heterocycles. The zero-order valence-electron chi connectivity index (χ0n) is 13.2. The molecule has 0 atom stereocenters. The van der Waals surface area contributed by atoms with Gasteiger partial charge in [0.05, 0.1) is 0 Å². The van der Waals surface area contributed by atoms with Gasteiger partial charge in [0, 0.05) is 50.8 Å². The van der Waals surface area contributed by atoms with Crippen LogP contribution in [0.15, 0.2) is 18.5 Å². The van der Waals surface area contributed by atoms with E-state index in [0.717, 1.165) is 42.7 Å². The van der Waals surface area contributed by atoms with E-state index in [0.29, 0.717) is 12.5 Å². The van der Waals surface area contributed by atoms with E-state index in [1.165, 1.54) is 12.8 Å². The molecule has 1 N–H and O–H groups in total. The quantitative estimate of drug-likeness (QED) is 0.916. The molecule has 1 fully saturated rings. The first kappa shape index (κ1) is 15.0. The summed E-state index contributed by atoms with van der Waals surface area (Å²) in [6.07, 6.45) is 7.10. The van der Waals surface area contributed by atoms with Gasteiger partial charge in [-0.15, -0.1) is 0 Å². The van der Waals surface area contributed by atoms with Gasteiger partial charge in [-0.1, -0.05) is 0 Å². The van der Waals surface area contributed by atoms with Crippen molar-refractivity contribution in [3.63, 3.8) is 0 Å². The summed E-state index contributed by atoms with van der Waals surface area (Å²) in [4.78, 5) is 18.9. The van der Waals surface area contributed by atoms with Crippen molar-refractivity contribution in [2.45, 2.75) is 32.8 Å². The van der Waals surface area contributed by atoms with Crippen LogP contribution in [0.5, 0.6) is 0 Å². The van der Waals surface area contributed by atoms with Crippen molar-refractivity contribution in [1.82, 2.24) is 19.9 Å². The van der Waals surface area contributed by atoms with Crippen LogP contribution in [-0.4, -0.2) is 40.1 Å². The highest BCUT2D eigenvalue weighted by molar-refractivity contribution is 5.40. The molecule has 22 heavy (non-hydrogen) atoms. The number of hydrogen-bond acceptors (Lipinski definition) is 5. The topological polar surface area (TPSA) is 66.9 Å². The lowest BCUT2D eigenvalue weighted by atomic mass is 9.93. The minimum atomic E-state index is 0.462. The van der Waals surface area contributed by atoms with Gasteiger partial charge in [0.1, 0.15) is 18.2 Å². The number of imidazole rings is 1. The Hall–Kier alpha value is -1.95. The SMILES string of the molecule is COCc1nc(C)cc(N2CCC(Cc3ncc[nH]3)CC2)n1. The van der Waals surface area contributed by atoms with Crippen LogP contribution >= 0.6 is 0 Å². The molecule has 0 unspecified atom stereocenters. The van der Waals surface area contributed by atoms with Gasteiger partial charge in [-0.05, 0) is 25.7 Å². The monoisotopic (exact) mass is 301 g/mol. The number of rotatable bonds is 5. The number of aromatic nitrogens is 4. The molecular weight excluding hydrogens is 278 g/mol. The predicted molar refractivity (Wildman–Crippen MR) is 84.7 cm³/mol. The molecule has 0 saturated carbocycles. The molecule has 0 bridgehead atoms. The average Bonchev–Trinajstić information content (AvgIpc) is 3.01. The first-order chi connectivity index (χ1) is 10.7. The maximum Gasteiger partial charge on any atom is 0.156 e. The molecule has 1 aliphatic rings. The molecule has 2 aromatic rings. The second kappa shape index (κ2) is 6.87. The Morgan fingerprint density at radius 3 is 2.82 bits per heavy atom. The summed E-state index contributed by atoms with van der Waals surface area (Å²) in [5.74, 6) is 3.58. The molecule has 0 aromatic carbocycles. The Morgan fingerprint density at radius 1 is 1.32 bits per heavy atom. The minimum Gasteiger partial charge on any atom is -0.377 e. The molecule has 0 amide bonds. The Kier molecular flexibility index (Phi) is 4.68. The number of aryl methyl sites for hydroxylation is 1. The molecule has 6 heteroatoms. The Bertz CT molecular complexity index is 591. The maximum absolute atomic E-state index is 5.15. The smallest absolute Gasteiger partial charge is 0.156 e. The third kappa shape index (κ3) is 3.62. The number of methoxy groups -OCH3 is 1. The lowest BCUT2D eigenvalue weighted by Crippen LogP contribution is -2.35. The summed E-state index contributed by atoms with van der Waals surface area (Å²) in [6.45, 7) is 4.54. The van der Waals surface area contributed by atoms with Crippen molar-refractivity contribution in [1.29, 1.82) is 0 Å². The Labute approximate surface area is 131 Å². The fraction of sp³-hybridized carbons (Fsp3) is 0.562. The van der Waals surface area contributed by atoms with Crippen molar-refractivity contribution in [2.75, 3.05) is 25.1 Å². The van der Waals surface area contributed by atoms with Gasteiger partial charge in [0.25, 0.3) is 0 Å². The van der Waals surface area contributed by atoms with Crippen LogP contribution in [-0.2, 0) is 17.8 Å². The van der Waals surface area contributed by atoms with Crippen molar-refractivity contribution in [2.24, 2.45) is 5.92 Å². The van der Waals surface area contributed by atoms with Crippen LogP contribution < -0.4 is 4.90 Å². The Balaban J connectivity index is 1.61. The van der Waals surface area contributed by atoms with E-state index in [1.54, 1.807) is 7.11 Å². The lowest BCUT2D eigenvalue weighted by molar-refractivity contribution is 0.177. The molecule has 2 aromatic heterocycles. The van der Waals surface area contributed by atoms with Crippen LogP contribution in [0.1, 0.15) is 30.2 Å². The first-order valence-corrected chi connectivity index (χ1v) is 7.81. The minimum absolute atomic E-state index is 0.462. The highest BCUT2D eigenvalue weighted by Crippen LogP contribution is 2.24. The van der Waals surface area contributed by atoms with Crippen LogP contribution in [0.2, 0.25) is 0 Å². The third-order valence-corrected chi connectivity index (χ3v) is 4.14. The Morgan fingerprint density at radius 2 is 2.14 bits per heavy atom. The largest absolute Gasteiger partial charge is 0.377 e. The molecule has 0 spiro atoms. The van der Waals surface area contributed by atoms with Crippen LogP contribution in [0.25, 0.3) is 0 Å². The van der Waals surface area contributed by atoms with Crippen molar-refractivity contribution in [3.05, 3.63) is 35.8 Å². The number of piperidine rings is 1. The summed E-state index contributed by atoms with van der Waals surface area (Å²) in [5, 5.41) is 0. The molecule has 3 heterocycles. The molecule has 1 aliphatic heterocycles. The zero-order valence-corrected chi connectivity index (χ0v) is 13.2. The van der Waals surface area contributed by atoms with E-state index in [-0.39, 0.29) is 0 Å². The maximum atomic E-state index is 5.15. The van der Waals surface area contributed by atoms with Gasteiger partial charge in [-0.2, -0.15) is 0 Å². The summed E-state index contributed by atoms with van der Waals surface area (Å²) < 4.78 is 5.15. The van der Waals surface area contributed by atoms with Gasteiger partial charge >= 0.3 is 0 Å². The van der Waals surface area contributed by atoms with E-state index in [2.05, 4.69) is 30.9 Å². The molecule has 0 radical (unpaired) electrons. The summed E-state index contributed by atoms with van der Waals surface area (Å²) >= 11 is 0. The van der Waals surface area contributed by atoms with Gasteiger partial charge in [-0.3, -0.25) is 0 Å². The average molecular weight is 301 g/mol. The number of nitrogens with one attached hydrogen (secondary N) is 1. The number of anilines is 1. The van der Waals surface area contributed by atoms with E-state index >= 15 is 0 Å². The van der Waals surface area contributed by atoms with E-state index in [4.69, 9.17) is 4.74 Å². The second-order valence-corrected chi connectivity index (χ2v) is 5.89. The number of aromatic amines is 1.